The summed E-state index contributed by atoms with van der Waals surface area (Å²) in [6.07, 6.45) is 80.3. The van der Waals surface area contributed by atoms with E-state index in [9.17, 15) is 19.0 Å². The number of carbonyl (C=O) groups excluding carboxylic acids is 2. The third-order valence-corrected chi connectivity index (χ3v) is 17.5. The number of phosphoric ester groups is 1. The number of esters is 2. The zero-order valence-corrected chi connectivity index (χ0v) is 56.4. The molecule has 0 amide bonds. The van der Waals surface area contributed by atoms with E-state index >= 15 is 0 Å². The van der Waals surface area contributed by atoms with Gasteiger partial charge in [-0.25, -0.2) is 4.57 Å². The van der Waals surface area contributed by atoms with Gasteiger partial charge in [0.1, 0.15) is 19.8 Å². The van der Waals surface area contributed by atoms with Crippen molar-refractivity contribution in [2.45, 2.75) is 380 Å². The van der Waals surface area contributed by atoms with E-state index in [1.807, 2.05) is 21.1 Å². The topological polar surface area (TPSA) is 108 Å². The number of carbonyl (C=O) groups is 2. The van der Waals surface area contributed by atoms with E-state index in [1.165, 1.54) is 295 Å². The summed E-state index contributed by atoms with van der Waals surface area (Å²) in [4.78, 5) is 35.8. The number of phosphoric acid groups is 1. The average molecular weight is 1180 g/mol. The van der Waals surface area contributed by atoms with Gasteiger partial charge < -0.3 is 18.9 Å². The Bertz CT molecular complexity index is 1430. The molecule has 9 nitrogen and oxygen atoms in total. The number of hydrogen-bond acceptors (Lipinski definition) is 7. The molecule has 0 aliphatic heterocycles. The van der Waals surface area contributed by atoms with Crippen LogP contribution in [0.2, 0.25) is 0 Å². The lowest BCUT2D eigenvalue weighted by Crippen LogP contribution is -2.37. The number of likely N-dealkylation sites (N-methyl/N-ethyl adjacent to an activating group) is 1. The molecular formula is C72H141NO8P+. The van der Waals surface area contributed by atoms with Crippen molar-refractivity contribution in [3.8, 4) is 0 Å². The fourth-order valence-electron chi connectivity index (χ4n) is 10.9. The van der Waals surface area contributed by atoms with Crippen molar-refractivity contribution in [1.29, 1.82) is 0 Å². The highest BCUT2D eigenvalue weighted by atomic mass is 31.2. The van der Waals surface area contributed by atoms with Crippen LogP contribution in [-0.2, 0) is 32.7 Å². The molecule has 82 heavy (non-hydrogen) atoms. The normalized spacial score (nSPS) is 13.2. The molecule has 0 spiro atoms. The molecule has 0 aromatic heterocycles. The number of allylic oxidation sites excluding steroid dienone is 4. The van der Waals surface area contributed by atoms with Crippen LogP contribution in [0.3, 0.4) is 0 Å². The maximum atomic E-state index is 12.8. The fraction of sp³-hybridized carbons (Fsp3) is 0.917. The third kappa shape index (κ3) is 67.6. The largest absolute Gasteiger partial charge is 0.472 e. The van der Waals surface area contributed by atoms with Crippen molar-refractivity contribution in [1.82, 2.24) is 0 Å². The number of quaternary nitrogens is 1. The third-order valence-electron chi connectivity index (χ3n) is 16.5. The summed E-state index contributed by atoms with van der Waals surface area (Å²) >= 11 is 0. The quantitative estimate of drug-likeness (QED) is 0.0211. The van der Waals surface area contributed by atoms with Crippen LogP contribution < -0.4 is 0 Å². The summed E-state index contributed by atoms with van der Waals surface area (Å²) in [5.74, 6) is -0.783. The van der Waals surface area contributed by atoms with Gasteiger partial charge in [-0.05, 0) is 44.9 Å². The fourth-order valence-corrected chi connectivity index (χ4v) is 11.7. The molecule has 10 heteroatoms. The van der Waals surface area contributed by atoms with Crippen LogP contribution >= 0.6 is 7.82 Å². The molecule has 0 heterocycles. The number of ether oxygens (including phenoxy) is 2. The van der Waals surface area contributed by atoms with Crippen LogP contribution in [0.15, 0.2) is 24.3 Å². The predicted molar refractivity (Wildman–Crippen MR) is 354 cm³/mol. The Morgan fingerprint density at radius 1 is 0.378 bits per heavy atom. The smallest absolute Gasteiger partial charge is 0.462 e. The van der Waals surface area contributed by atoms with Crippen LogP contribution in [0.1, 0.15) is 373 Å². The van der Waals surface area contributed by atoms with Crippen molar-refractivity contribution >= 4 is 19.8 Å². The molecule has 0 radical (unpaired) electrons. The monoisotopic (exact) mass is 1180 g/mol. The maximum absolute atomic E-state index is 12.8. The summed E-state index contributed by atoms with van der Waals surface area (Å²) in [6, 6.07) is 0. The van der Waals surface area contributed by atoms with Crippen molar-refractivity contribution in [3.63, 3.8) is 0 Å². The Morgan fingerprint density at radius 3 is 0.988 bits per heavy atom. The first-order chi connectivity index (χ1) is 40.0. The summed E-state index contributed by atoms with van der Waals surface area (Å²) in [6.45, 7) is 4.47. The highest BCUT2D eigenvalue weighted by Gasteiger charge is 2.27. The Labute approximate surface area is 510 Å². The van der Waals surface area contributed by atoms with Gasteiger partial charge in [-0.15, -0.1) is 0 Å². The first-order valence-corrected chi connectivity index (χ1v) is 37.6. The molecule has 486 valence electrons. The highest BCUT2D eigenvalue weighted by Crippen LogP contribution is 2.43. The number of rotatable bonds is 68. The number of hydrogen-bond donors (Lipinski definition) is 1. The summed E-state index contributed by atoms with van der Waals surface area (Å²) < 4.78 is 34.7. The van der Waals surface area contributed by atoms with Crippen molar-refractivity contribution < 1.29 is 42.1 Å². The zero-order chi connectivity index (χ0) is 59.8. The van der Waals surface area contributed by atoms with E-state index in [1.54, 1.807) is 0 Å². The van der Waals surface area contributed by atoms with Gasteiger partial charge in [-0.2, -0.15) is 0 Å². The Balaban J connectivity index is 3.86. The van der Waals surface area contributed by atoms with E-state index < -0.39 is 26.5 Å². The maximum Gasteiger partial charge on any atom is 0.472 e. The van der Waals surface area contributed by atoms with Gasteiger partial charge in [-0.3, -0.25) is 18.6 Å². The Morgan fingerprint density at radius 2 is 0.659 bits per heavy atom. The van der Waals surface area contributed by atoms with Crippen molar-refractivity contribution in [3.05, 3.63) is 24.3 Å². The highest BCUT2D eigenvalue weighted by molar-refractivity contribution is 7.47. The second-order valence-corrected chi connectivity index (χ2v) is 27.4. The average Bonchev–Trinajstić information content (AvgIpc) is 3.46. The molecule has 0 rings (SSSR count). The van der Waals surface area contributed by atoms with E-state index in [0.717, 1.165) is 44.9 Å². The molecule has 2 atom stereocenters. The molecule has 0 fully saturated rings. The lowest BCUT2D eigenvalue weighted by molar-refractivity contribution is -0.870. The molecule has 0 aromatic carbocycles. The molecule has 1 N–H and O–H groups in total. The van der Waals surface area contributed by atoms with E-state index in [0.29, 0.717) is 23.9 Å². The lowest BCUT2D eigenvalue weighted by atomic mass is 10.0. The zero-order valence-electron chi connectivity index (χ0n) is 55.5. The summed E-state index contributed by atoms with van der Waals surface area (Å²) in [5, 5.41) is 0. The number of nitrogens with zero attached hydrogens (tertiary/aromatic N) is 1. The Kier molecular flexibility index (Phi) is 62.8. The minimum atomic E-state index is -4.39. The van der Waals surface area contributed by atoms with E-state index in [4.69, 9.17) is 18.5 Å². The first-order valence-electron chi connectivity index (χ1n) is 36.1. The van der Waals surface area contributed by atoms with Crippen LogP contribution in [0, 0.1) is 0 Å². The molecule has 0 aliphatic rings. The molecule has 0 saturated heterocycles. The van der Waals surface area contributed by atoms with Crippen molar-refractivity contribution in [2.75, 3.05) is 47.5 Å². The van der Waals surface area contributed by atoms with Gasteiger partial charge in [-0.1, -0.05) is 340 Å². The molecule has 0 aromatic rings. The van der Waals surface area contributed by atoms with Crippen LogP contribution in [-0.4, -0.2) is 74.9 Å². The molecule has 2 unspecified atom stereocenters. The Hall–Kier alpha value is -1.51. The molecule has 0 bridgehead atoms. The van der Waals surface area contributed by atoms with Gasteiger partial charge in [0.2, 0.25) is 0 Å². The van der Waals surface area contributed by atoms with E-state index in [-0.39, 0.29) is 25.6 Å². The summed E-state index contributed by atoms with van der Waals surface area (Å²) in [7, 11) is 1.49. The predicted octanol–water partition coefficient (Wildman–Crippen LogP) is 23.3. The van der Waals surface area contributed by atoms with Crippen LogP contribution in [0.25, 0.3) is 0 Å². The van der Waals surface area contributed by atoms with Gasteiger partial charge in [0.05, 0.1) is 27.7 Å². The SMILES string of the molecule is CCCCC/C=C\C/C=C\CCCCCCCCCCCC(=O)OC(COC(=O)CCCCCCCCCCCCCCCCCCCCCCCCCCCCCCCCCCCCCCCCC)COP(=O)(O)OCC[N+](C)(C)C. The van der Waals surface area contributed by atoms with Crippen molar-refractivity contribution in [2.24, 2.45) is 0 Å². The van der Waals surface area contributed by atoms with E-state index in [2.05, 4.69) is 38.2 Å². The molecular weight excluding hydrogens is 1040 g/mol. The standard InChI is InChI=1S/C72H140NO8P/c1-6-8-10-12-14-16-18-20-22-24-26-27-28-29-30-31-32-33-34-35-36-37-38-39-40-41-42-43-44-45-47-48-50-52-54-56-58-60-62-64-71(74)78-68-70(69-80-82(76,77)79-67-66-73(3,4)5)81-72(75)65-63-61-59-57-55-53-51-49-46-25-23-21-19-17-15-13-11-9-7-2/h15,17,21,23,70H,6-14,16,18-20,22,24-69H2,1-5H3/p+1/b17-15-,23-21-. The number of unbranched alkanes of at least 4 members (excludes halogenated alkanes) is 50. The van der Waals surface area contributed by atoms with Gasteiger partial charge in [0.15, 0.2) is 6.10 Å². The second kappa shape index (κ2) is 64.0. The summed E-state index contributed by atoms with van der Waals surface area (Å²) in [5.41, 5.74) is 0. The lowest BCUT2D eigenvalue weighted by Gasteiger charge is -2.24. The first kappa shape index (κ1) is 80.5. The van der Waals surface area contributed by atoms with Gasteiger partial charge >= 0.3 is 19.8 Å². The van der Waals surface area contributed by atoms with Crippen LogP contribution in [0.4, 0.5) is 0 Å². The molecule has 0 saturated carbocycles. The van der Waals surface area contributed by atoms with Gasteiger partial charge in [0.25, 0.3) is 0 Å². The minimum Gasteiger partial charge on any atom is -0.462 e. The minimum absolute atomic E-state index is 0.0334. The second-order valence-electron chi connectivity index (χ2n) is 26.0. The van der Waals surface area contributed by atoms with Crippen LogP contribution in [0.5, 0.6) is 0 Å². The molecule has 0 aliphatic carbocycles. The van der Waals surface area contributed by atoms with Gasteiger partial charge in [0, 0.05) is 12.8 Å².